The van der Waals surface area contributed by atoms with Crippen LogP contribution in [0.2, 0.25) is 0 Å². The molecule has 1 fully saturated rings. The Hall–Kier alpha value is -1.59. The van der Waals surface area contributed by atoms with Crippen molar-refractivity contribution in [3.05, 3.63) is 24.0 Å². The van der Waals surface area contributed by atoms with Crippen LogP contribution in [0.25, 0.3) is 11.0 Å². The highest BCUT2D eigenvalue weighted by Gasteiger charge is 2.28. The fourth-order valence-electron chi connectivity index (χ4n) is 2.81. The van der Waals surface area contributed by atoms with Crippen molar-refractivity contribution in [1.82, 2.24) is 14.9 Å². The summed E-state index contributed by atoms with van der Waals surface area (Å²) in [5.41, 5.74) is 8.50. The standard InChI is InChI=1S/C14H20N4O/c1-9-13(5-6-19-9)18(2)8-14-16-11-4-3-10(15)7-12(11)17-14/h3-4,7,9,13H,5-6,8,15H2,1-2H3,(H,16,17). The van der Waals surface area contributed by atoms with Crippen LogP contribution in [0, 0.1) is 0 Å². The number of anilines is 1. The molecule has 2 unspecified atom stereocenters. The van der Waals surface area contributed by atoms with Gasteiger partial charge in [0, 0.05) is 18.3 Å². The number of nitrogens with two attached hydrogens (primary N) is 1. The highest BCUT2D eigenvalue weighted by atomic mass is 16.5. The zero-order chi connectivity index (χ0) is 13.4. The van der Waals surface area contributed by atoms with Crippen LogP contribution in [0.3, 0.4) is 0 Å². The number of likely N-dealkylation sites (N-methyl/N-ethyl adjacent to an activating group) is 1. The minimum atomic E-state index is 0.296. The fraction of sp³-hybridized carbons (Fsp3) is 0.500. The summed E-state index contributed by atoms with van der Waals surface area (Å²) >= 11 is 0. The number of nitrogen functional groups attached to an aromatic ring is 1. The van der Waals surface area contributed by atoms with Gasteiger partial charge in [0.1, 0.15) is 5.82 Å². The third kappa shape index (κ3) is 2.43. The number of nitrogens with zero attached hydrogens (tertiary/aromatic N) is 2. The van der Waals surface area contributed by atoms with Crippen LogP contribution in [0.1, 0.15) is 19.2 Å². The van der Waals surface area contributed by atoms with Crippen molar-refractivity contribution in [3.8, 4) is 0 Å². The Morgan fingerprint density at radius 3 is 3.11 bits per heavy atom. The molecule has 1 aromatic heterocycles. The van der Waals surface area contributed by atoms with Crippen molar-refractivity contribution in [3.63, 3.8) is 0 Å². The van der Waals surface area contributed by atoms with E-state index < -0.39 is 0 Å². The number of rotatable bonds is 3. The van der Waals surface area contributed by atoms with Crippen LogP contribution in [0.15, 0.2) is 18.2 Å². The van der Waals surface area contributed by atoms with Crippen molar-refractivity contribution in [1.29, 1.82) is 0 Å². The van der Waals surface area contributed by atoms with Gasteiger partial charge in [0.05, 0.1) is 23.7 Å². The fourth-order valence-corrected chi connectivity index (χ4v) is 2.81. The number of ether oxygens (including phenoxy) is 1. The van der Waals surface area contributed by atoms with Gasteiger partial charge in [0.2, 0.25) is 0 Å². The van der Waals surface area contributed by atoms with Gasteiger partial charge in [-0.15, -0.1) is 0 Å². The molecule has 1 aliphatic rings. The van der Waals surface area contributed by atoms with Gasteiger partial charge >= 0.3 is 0 Å². The number of hydrogen-bond donors (Lipinski definition) is 2. The molecular formula is C14H20N4O. The van der Waals surface area contributed by atoms with Crippen LogP contribution in [-0.2, 0) is 11.3 Å². The Bertz CT molecular complexity index is 580. The zero-order valence-electron chi connectivity index (χ0n) is 11.4. The molecule has 2 aromatic rings. The molecule has 0 amide bonds. The second-order valence-electron chi connectivity index (χ2n) is 5.31. The molecule has 1 saturated heterocycles. The van der Waals surface area contributed by atoms with Crippen molar-refractivity contribution in [2.75, 3.05) is 19.4 Å². The first-order valence-electron chi connectivity index (χ1n) is 6.69. The van der Waals surface area contributed by atoms with Crippen LogP contribution in [0.4, 0.5) is 5.69 Å². The molecule has 2 atom stereocenters. The van der Waals surface area contributed by atoms with Gasteiger partial charge in [-0.1, -0.05) is 0 Å². The molecule has 5 nitrogen and oxygen atoms in total. The van der Waals surface area contributed by atoms with Crippen molar-refractivity contribution >= 4 is 16.7 Å². The lowest BCUT2D eigenvalue weighted by molar-refractivity contribution is 0.0807. The minimum absolute atomic E-state index is 0.296. The first-order chi connectivity index (χ1) is 9.13. The lowest BCUT2D eigenvalue weighted by atomic mass is 10.1. The third-order valence-corrected chi connectivity index (χ3v) is 3.86. The summed E-state index contributed by atoms with van der Waals surface area (Å²) in [4.78, 5) is 10.2. The van der Waals surface area contributed by atoms with Gasteiger partial charge in [-0.25, -0.2) is 4.98 Å². The van der Waals surface area contributed by atoms with Crippen LogP contribution >= 0.6 is 0 Å². The molecule has 1 aliphatic heterocycles. The zero-order valence-corrected chi connectivity index (χ0v) is 11.4. The average Bonchev–Trinajstić information content (AvgIpc) is 2.94. The average molecular weight is 260 g/mol. The molecule has 0 saturated carbocycles. The Morgan fingerprint density at radius 2 is 2.37 bits per heavy atom. The van der Waals surface area contributed by atoms with E-state index in [2.05, 4.69) is 28.8 Å². The van der Waals surface area contributed by atoms with Gasteiger partial charge in [-0.3, -0.25) is 4.90 Å². The quantitative estimate of drug-likeness (QED) is 0.825. The van der Waals surface area contributed by atoms with E-state index in [4.69, 9.17) is 10.5 Å². The molecule has 0 spiro atoms. The van der Waals surface area contributed by atoms with Crippen LogP contribution in [0.5, 0.6) is 0 Å². The maximum absolute atomic E-state index is 5.78. The summed E-state index contributed by atoms with van der Waals surface area (Å²) in [5, 5.41) is 0. The molecule has 0 radical (unpaired) electrons. The summed E-state index contributed by atoms with van der Waals surface area (Å²) < 4.78 is 5.61. The monoisotopic (exact) mass is 260 g/mol. The van der Waals surface area contributed by atoms with Gasteiger partial charge < -0.3 is 15.5 Å². The Morgan fingerprint density at radius 1 is 1.53 bits per heavy atom. The van der Waals surface area contributed by atoms with E-state index in [1.165, 1.54) is 0 Å². The molecule has 3 N–H and O–H groups in total. The van der Waals surface area contributed by atoms with E-state index in [-0.39, 0.29) is 0 Å². The predicted molar refractivity (Wildman–Crippen MR) is 75.8 cm³/mol. The second-order valence-corrected chi connectivity index (χ2v) is 5.31. The Kier molecular flexibility index (Phi) is 3.16. The van der Waals surface area contributed by atoms with Gasteiger partial charge in [-0.2, -0.15) is 0 Å². The van der Waals surface area contributed by atoms with Crippen molar-refractivity contribution in [2.24, 2.45) is 0 Å². The summed E-state index contributed by atoms with van der Waals surface area (Å²) in [6, 6.07) is 6.22. The smallest absolute Gasteiger partial charge is 0.121 e. The number of imidazole rings is 1. The number of aromatic nitrogens is 2. The lowest BCUT2D eigenvalue weighted by Gasteiger charge is -2.25. The highest BCUT2D eigenvalue weighted by Crippen LogP contribution is 2.21. The maximum atomic E-state index is 5.78. The van der Waals surface area contributed by atoms with E-state index >= 15 is 0 Å². The molecular weight excluding hydrogens is 240 g/mol. The third-order valence-electron chi connectivity index (χ3n) is 3.86. The predicted octanol–water partition coefficient (Wildman–Crippen LogP) is 1.75. The number of nitrogens with one attached hydrogen (secondary N) is 1. The first-order valence-corrected chi connectivity index (χ1v) is 6.69. The summed E-state index contributed by atoms with van der Waals surface area (Å²) in [5.74, 6) is 0.974. The van der Waals surface area contributed by atoms with E-state index in [0.29, 0.717) is 12.1 Å². The maximum Gasteiger partial charge on any atom is 0.121 e. The summed E-state index contributed by atoms with van der Waals surface area (Å²) in [7, 11) is 2.12. The highest BCUT2D eigenvalue weighted by molar-refractivity contribution is 5.78. The van der Waals surface area contributed by atoms with Crippen LogP contribution in [-0.4, -0.2) is 40.7 Å². The lowest BCUT2D eigenvalue weighted by Crippen LogP contribution is -2.36. The molecule has 2 heterocycles. The van der Waals surface area contributed by atoms with Gasteiger partial charge in [0.25, 0.3) is 0 Å². The molecule has 5 heteroatoms. The molecule has 19 heavy (non-hydrogen) atoms. The molecule has 1 aromatic carbocycles. The van der Waals surface area contributed by atoms with E-state index in [0.717, 1.165) is 42.1 Å². The number of hydrogen-bond acceptors (Lipinski definition) is 4. The summed E-state index contributed by atoms with van der Waals surface area (Å²) in [6.45, 7) is 3.79. The largest absolute Gasteiger partial charge is 0.399 e. The number of H-pyrrole nitrogens is 1. The number of aromatic amines is 1. The first kappa shape index (κ1) is 12.4. The summed E-state index contributed by atoms with van der Waals surface area (Å²) in [6.07, 6.45) is 1.38. The van der Waals surface area contributed by atoms with Crippen LogP contribution < -0.4 is 5.73 Å². The van der Waals surface area contributed by atoms with E-state index in [1.54, 1.807) is 0 Å². The Labute approximate surface area is 112 Å². The Balaban J connectivity index is 1.77. The molecule has 102 valence electrons. The van der Waals surface area contributed by atoms with E-state index in [9.17, 15) is 0 Å². The molecule has 3 rings (SSSR count). The molecule has 0 bridgehead atoms. The minimum Gasteiger partial charge on any atom is -0.399 e. The molecule has 0 aliphatic carbocycles. The second kappa shape index (κ2) is 4.83. The number of fused-ring (bicyclic) bond motifs is 1. The van der Waals surface area contributed by atoms with Gasteiger partial charge in [-0.05, 0) is 38.6 Å². The number of benzene rings is 1. The SMILES string of the molecule is CC1OCCC1N(C)Cc1nc2ccc(N)cc2[nH]1. The van der Waals surface area contributed by atoms with Gasteiger partial charge in [0.15, 0.2) is 0 Å². The normalized spacial score (nSPS) is 23.5. The topological polar surface area (TPSA) is 67.2 Å². The van der Waals surface area contributed by atoms with E-state index in [1.807, 2.05) is 18.2 Å². The van der Waals surface area contributed by atoms with Crippen molar-refractivity contribution in [2.45, 2.75) is 32.0 Å². The van der Waals surface area contributed by atoms with Crippen molar-refractivity contribution < 1.29 is 4.74 Å².